The van der Waals surface area contributed by atoms with Gasteiger partial charge in [0.2, 0.25) is 0 Å². The zero-order valence-corrected chi connectivity index (χ0v) is 20.7. The SMILES string of the molecule is CCc1nc(C(=O)Nc2n[nH]c3c2CN(C(=O)N2CCN(CC4CCOCC4)C[C@@H]2C)C3C)co1. The number of aryl methyl sites for hydroxylation is 1. The first-order chi connectivity index (χ1) is 16.9. The largest absolute Gasteiger partial charge is 0.448 e. The van der Waals surface area contributed by atoms with Crippen molar-refractivity contribution in [3.8, 4) is 0 Å². The summed E-state index contributed by atoms with van der Waals surface area (Å²) in [6, 6.07) is 0.0167. The van der Waals surface area contributed by atoms with Crippen LogP contribution in [0.25, 0.3) is 0 Å². The molecule has 2 aromatic heterocycles. The molecule has 0 aliphatic carbocycles. The second-order valence-electron chi connectivity index (χ2n) is 9.84. The fraction of sp³-hybridized carbons (Fsp3) is 0.667. The molecule has 3 aliphatic heterocycles. The number of hydrogen-bond acceptors (Lipinski definition) is 7. The minimum atomic E-state index is -0.380. The van der Waals surface area contributed by atoms with Crippen molar-refractivity contribution in [3.63, 3.8) is 0 Å². The lowest BCUT2D eigenvalue weighted by molar-refractivity contribution is 0.0328. The van der Waals surface area contributed by atoms with Crippen LogP contribution in [-0.4, -0.2) is 87.3 Å². The van der Waals surface area contributed by atoms with Crippen LogP contribution in [0.2, 0.25) is 0 Å². The van der Waals surface area contributed by atoms with Crippen LogP contribution in [0.3, 0.4) is 0 Å². The Morgan fingerprint density at radius 1 is 1.20 bits per heavy atom. The number of nitrogens with one attached hydrogen (secondary N) is 2. The summed E-state index contributed by atoms with van der Waals surface area (Å²) in [6.45, 7) is 11.7. The number of hydrogen-bond donors (Lipinski definition) is 2. The third-order valence-corrected chi connectivity index (χ3v) is 7.49. The van der Waals surface area contributed by atoms with E-state index in [2.05, 4.69) is 32.3 Å². The van der Waals surface area contributed by atoms with E-state index < -0.39 is 0 Å². The molecule has 5 rings (SSSR count). The zero-order chi connectivity index (χ0) is 24.5. The average molecular weight is 486 g/mol. The highest BCUT2D eigenvalue weighted by molar-refractivity contribution is 6.02. The van der Waals surface area contributed by atoms with Crippen LogP contribution in [0, 0.1) is 5.92 Å². The molecule has 11 heteroatoms. The van der Waals surface area contributed by atoms with Gasteiger partial charge in [0.15, 0.2) is 17.4 Å². The van der Waals surface area contributed by atoms with Gasteiger partial charge in [-0.25, -0.2) is 9.78 Å². The standard InChI is InChI=1S/C24H35N7O4/c1-4-20-25-19(14-35-20)23(32)26-22-18-13-31(16(3)21(18)27-28-22)24(33)30-8-7-29(11-15(30)2)12-17-5-9-34-10-6-17/h14-17H,4-13H2,1-3H3,(H2,26,27,28,32)/t15-,16?/m0/s1. The molecule has 2 saturated heterocycles. The van der Waals surface area contributed by atoms with E-state index in [0.717, 1.165) is 56.9 Å². The first kappa shape index (κ1) is 23.8. The lowest BCUT2D eigenvalue weighted by Crippen LogP contribution is -2.57. The van der Waals surface area contributed by atoms with Gasteiger partial charge in [0.05, 0.1) is 18.3 Å². The van der Waals surface area contributed by atoms with Crippen molar-refractivity contribution in [2.45, 2.75) is 58.7 Å². The highest BCUT2D eigenvalue weighted by Gasteiger charge is 2.39. The predicted octanol–water partition coefficient (Wildman–Crippen LogP) is 2.64. The highest BCUT2D eigenvalue weighted by atomic mass is 16.5. The van der Waals surface area contributed by atoms with Crippen LogP contribution in [0.4, 0.5) is 10.6 Å². The lowest BCUT2D eigenvalue weighted by Gasteiger charge is -2.43. The van der Waals surface area contributed by atoms with E-state index in [9.17, 15) is 9.59 Å². The average Bonchev–Trinajstić information content (AvgIpc) is 3.57. The van der Waals surface area contributed by atoms with Gasteiger partial charge in [0.1, 0.15) is 6.26 Å². The Bertz CT molecular complexity index is 1060. The number of carbonyl (C=O) groups excluding carboxylic acids is 2. The molecule has 0 aromatic carbocycles. The van der Waals surface area contributed by atoms with E-state index in [1.807, 2.05) is 23.6 Å². The van der Waals surface area contributed by atoms with E-state index in [0.29, 0.717) is 37.1 Å². The maximum atomic E-state index is 13.5. The van der Waals surface area contributed by atoms with Gasteiger partial charge in [-0.1, -0.05) is 6.92 Å². The highest BCUT2D eigenvalue weighted by Crippen LogP contribution is 2.37. The molecule has 2 fully saturated rings. The number of oxazole rings is 1. The van der Waals surface area contributed by atoms with Gasteiger partial charge in [-0.2, -0.15) is 5.10 Å². The Morgan fingerprint density at radius 3 is 2.71 bits per heavy atom. The van der Waals surface area contributed by atoms with E-state index >= 15 is 0 Å². The molecular formula is C24H35N7O4. The zero-order valence-electron chi connectivity index (χ0n) is 20.7. The minimum Gasteiger partial charge on any atom is -0.448 e. The Labute approximate surface area is 205 Å². The van der Waals surface area contributed by atoms with E-state index in [1.54, 1.807) is 0 Å². The third kappa shape index (κ3) is 4.79. The Morgan fingerprint density at radius 2 is 2.00 bits per heavy atom. The molecule has 0 spiro atoms. The molecular weight excluding hydrogens is 450 g/mol. The number of urea groups is 1. The van der Waals surface area contributed by atoms with Crippen molar-refractivity contribution in [1.82, 2.24) is 29.9 Å². The number of rotatable bonds is 5. The maximum absolute atomic E-state index is 13.5. The fourth-order valence-electron chi connectivity index (χ4n) is 5.38. The molecule has 3 amide bonds. The number of piperazine rings is 1. The van der Waals surface area contributed by atoms with E-state index in [4.69, 9.17) is 9.15 Å². The number of aromatic nitrogens is 3. The van der Waals surface area contributed by atoms with Gasteiger partial charge in [-0.3, -0.25) is 14.8 Å². The first-order valence-electron chi connectivity index (χ1n) is 12.6. The smallest absolute Gasteiger partial charge is 0.321 e. The Balaban J connectivity index is 1.20. The number of anilines is 1. The van der Waals surface area contributed by atoms with Gasteiger partial charge < -0.3 is 24.3 Å². The molecule has 5 heterocycles. The normalized spacial score (nSPS) is 23.5. The maximum Gasteiger partial charge on any atom is 0.321 e. The quantitative estimate of drug-likeness (QED) is 0.668. The van der Waals surface area contributed by atoms with Crippen molar-refractivity contribution < 1.29 is 18.7 Å². The molecule has 3 aliphatic rings. The van der Waals surface area contributed by atoms with Crippen LogP contribution in [0.1, 0.15) is 67.3 Å². The molecule has 0 saturated carbocycles. The number of H-pyrrole nitrogens is 1. The van der Waals surface area contributed by atoms with Gasteiger partial charge in [0.25, 0.3) is 5.91 Å². The van der Waals surface area contributed by atoms with Crippen LogP contribution < -0.4 is 5.32 Å². The number of ether oxygens (including phenoxy) is 1. The molecule has 2 atom stereocenters. The summed E-state index contributed by atoms with van der Waals surface area (Å²) in [5.41, 5.74) is 1.91. The number of fused-ring (bicyclic) bond motifs is 1. The predicted molar refractivity (Wildman–Crippen MR) is 128 cm³/mol. The molecule has 2 aromatic rings. The van der Waals surface area contributed by atoms with Crippen LogP contribution in [-0.2, 0) is 17.7 Å². The Hall–Kier alpha value is -2.92. The minimum absolute atomic E-state index is 0.0293. The second-order valence-corrected chi connectivity index (χ2v) is 9.84. The van der Waals surface area contributed by atoms with Crippen molar-refractivity contribution in [2.24, 2.45) is 5.92 Å². The summed E-state index contributed by atoms with van der Waals surface area (Å²) in [6.07, 6.45) is 4.21. The molecule has 35 heavy (non-hydrogen) atoms. The summed E-state index contributed by atoms with van der Waals surface area (Å²) in [7, 11) is 0. The van der Waals surface area contributed by atoms with Crippen molar-refractivity contribution in [2.75, 3.05) is 44.7 Å². The van der Waals surface area contributed by atoms with Gasteiger partial charge >= 0.3 is 6.03 Å². The molecule has 0 bridgehead atoms. The number of nitrogens with zero attached hydrogens (tertiary/aromatic N) is 5. The summed E-state index contributed by atoms with van der Waals surface area (Å²) in [5, 5.41) is 10.1. The molecule has 11 nitrogen and oxygen atoms in total. The second kappa shape index (κ2) is 9.98. The van der Waals surface area contributed by atoms with Crippen LogP contribution >= 0.6 is 0 Å². The Kier molecular flexibility index (Phi) is 6.79. The fourth-order valence-corrected chi connectivity index (χ4v) is 5.38. The molecule has 190 valence electrons. The van der Waals surface area contributed by atoms with E-state index in [-0.39, 0.29) is 29.7 Å². The topological polar surface area (TPSA) is 120 Å². The monoisotopic (exact) mass is 485 g/mol. The van der Waals surface area contributed by atoms with Gasteiger partial charge in [0, 0.05) is 57.4 Å². The van der Waals surface area contributed by atoms with Crippen molar-refractivity contribution >= 4 is 17.8 Å². The molecule has 0 radical (unpaired) electrons. The summed E-state index contributed by atoms with van der Waals surface area (Å²) in [5.74, 6) is 1.25. The lowest BCUT2D eigenvalue weighted by atomic mass is 9.99. The van der Waals surface area contributed by atoms with Crippen molar-refractivity contribution in [3.05, 3.63) is 29.1 Å². The van der Waals surface area contributed by atoms with Crippen LogP contribution in [0.15, 0.2) is 10.7 Å². The number of aromatic amines is 1. The molecule has 2 N–H and O–H groups in total. The van der Waals surface area contributed by atoms with Gasteiger partial charge in [-0.05, 0) is 32.6 Å². The summed E-state index contributed by atoms with van der Waals surface area (Å²) < 4.78 is 10.8. The van der Waals surface area contributed by atoms with Crippen molar-refractivity contribution in [1.29, 1.82) is 0 Å². The summed E-state index contributed by atoms with van der Waals surface area (Å²) >= 11 is 0. The number of carbonyl (C=O) groups is 2. The van der Waals surface area contributed by atoms with Gasteiger partial charge in [-0.15, -0.1) is 0 Å². The van der Waals surface area contributed by atoms with Crippen LogP contribution in [0.5, 0.6) is 0 Å². The molecule has 1 unspecified atom stereocenters. The third-order valence-electron chi connectivity index (χ3n) is 7.49. The summed E-state index contributed by atoms with van der Waals surface area (Å²) in [4.78, 5) is 36.7. The van der Waals surface area contributed by atoms with E-state index in [1.165, 1.54) is 6.26 Å². The first-order valence-corrected chi connectivity index (χ1v) is 12.6. The number of amides is 3.